The molecule has 0 aliphatic rings. The Bertz CT molecular complexity index is 230. The van der Waals surface area contributed by atoms with Gasteiger partial charge in [0.1, 0.15) is 0 Å². The van der Waals surface area contributed by atoms with Crippen molar-refractivity contribution in [3.63, 3.8) is 0 Å². The van der Waals surface area contributed by atoms with E-state index in [1.807, 2.05) is 38.7 Å². The summed E-state index contributed by atoms with van der Waals surface area (Å²) in [5.74, 6) is -0.891. The fourth-order valence-electron chi connectivity index (χ4n) is 1.19. The van der Waals surface area contributed by atoms with Gasteiger partial charge >= 0.3 is 5.97 Å². The highest BCUT2D eigenvalue weighted by atomic mass is 28.4. The lowest BCUT2D eigenvalue weighted by atomic mass is 10.0. The van der Waals surface area contributed by atoms with Crippen LogP contribution in [0.2, 0.25) is 19.6 Å². The van der Waals surface area contributed by atoms with Crippen molar-refractivity contribution in [2.45, 2.75) is 45.5 Å². The average molecular weight is 216 g/mol. The molecule has 3 nitrogen and oxygen atoms in total. The predicted octanol–water partition coefficient (Wildman–Crippen LogP) is 2.65. The molecule has 1 N–H and O–H groups in total. The van der Waals surface area contributed by atoms with Gasteiger partial charge in [-0.1, -0.05) is 12.2 Å². The number of carbonyl (C=O) groups is 1. The second kappa shape index (κ2) is 4.75. The molecule has 0 aromatic carbocycles. The van der Waals surface area contributed by atoms with Crippen LogP contribution in [0, 0.1) is 0 Å². The van der Waals surface area contributed by atoms with E-state index < -0.39 is 19.9 Å². The fourth-order valence-corrected chi connectivity index (χ4v) is 2.71. The molecule has 0 aliphatic heterocycles. The van der Waals surface area contributed by atoms with Gasteiger partial charge in [0, 0.05) is 6.42 Å². The molecule has 0 bridgehead atoms. The monoisotopic (exact) mass is 216 g/mol. The van der Waals surface area contributed by atoms with E-state index >= 15 is 0 Å². The zero-order valence-corrected chi connectivity index (χ0v) is 10.6. The summed E-state index contributed by atoms with van der Waals surface area (Å²) in [5.41, 5.74) is -1.07. The van der Waals surface area contributed by atoms with Crippen molar-refractivity contribution >= 4 is 14.3 Å². The van der Waals surface area contributed by atoms with E-state index in [0.717, 1.165) is 0 Å². The normalized spacial score (nSPS) is 16.9. The summed E-state index contributed by atoms with van der Waals surface area (Å²) in [5, 5.41) is 9.09. The van der Waals surface area contributed by atoms with Gasteiger partial charge in [-0.15, -0.1) is 0 Å². The third kappa shape index (κ3) is 4.57. The fraction of sp³-hybridized carbons (Fsp3) is 0.700. The van der Waals surface area contributed by atoms with Crippen molar-refractivity contribution in [1.82, 2.24) is 0 Å². The highest BCUT2D eigenvalue weighted by molar-refractivity contribution is 6.70. The van der Waals surface area contributed by atoms with E-state index in [2.05, 4.69) is 0 Å². The molecule has 0 spiro atoms. The summed E-state index contributed by atoms with van der Waals surface area (Å²) in [6.45, 7) is 9.47. The Morgan fingerprint density at radius 2 is 2.00 bits per heavy atom. The molecular formula is C10H20O3Si. The number of allylic oxidation sites excluding steroid dienone is 1. The van der Waals surface area contributed by atoms with Gasteiger partial charge in [0.2, 0.25) is 0 Å². The van der Waals surface area contributed by atoms with E-state index in [4.69, 9.17) is 9.53 Å². The van der Waals surface area contributed by atoms with Crippen LogP contribution < -0.4 is 0 Å². The number of carboxylic acid groups (broad SMARTS) is 1. The average Bonchev–Trinajstić information content (AvgIpc) is 1.97. The Labute approximate surface area is 86.9 Å². The number of aliphatic carboxylic acids is 1. The quantitative estimate of drug-likeness (QED) is 0.567. The van der Waals surface area contributed by atoms with E-state index in [1.165, 1.54) is 0 Å². The summed E-state index contributed by atoms with van der Waals surface area (Å²) in [4.78, 5) is 11.1. The first-order valence-electron chi connectivity index (χ1n) is 4.76. The third-order valence-corrected chi connectivity index (χ3v) is 2.79. The molecule has 0 amide bonds. The molecule has 0 radical (unpaired) electrons. The minimum atomic E-state index is -1.82. The number of carboxylic acids is 1. The molecule has 0 aromatic rings. The van der Waals surface area contributed by atoms with Gasteiger partial charge in [0.05, 0.1) is 0 Å². The number of rotatable bonds is 5. The van der Waals surface area contributed by atoms with Crippen LogP contribution in [0.5, 0.6) is 0 Å². The van der Waals surface area contributed by atoms with E-state index in [-0.39, 0.29) is 0 Å². The molecule has 0 rings (SSSR count). The van der Waals surface area contributed by atoms with Gasteiger partial charge in [-0.3, -0.25) is 0 Å². The number of hydrogen-bond acceptors (Lipinski definition) is 2. The minimum absolute atomic E-state index is 0.420. The van der Waals surface area contributed by atoms with Crippen LogP contribution in [0.4, 0.5) is 0 Å². The molecule has 14 heavy (non-hydrogen) atoms. The van der Waals surface area contributed by atoms with Crippen molar-refractivity contribution in [1.29, 1.82) is 0 Å². The second-order valence-electron chi connectivity index (χ2n) is 4.52. The van der Waals surface area contributed by atoms with E-state index in [9.17, 15) is 4.79 Å². The third-order valence-electron chi connectivity index (χ3n) is 1.73. The van der Waals surface area contributed by atoms with Gasteiger partial charge in [-0.05, 0) is 33.5 Å². The Kier molecular flexibility index (Phi) is 4.54. The molecule has 0 aromatic heterocycles. The maximum atomic E-state index is 11.1. The zero-order chi connectivity index (χ0) is 11.4. The van der Waals surface area contributed by atoms with Crippen LogP contribution in [0.1, 0.15) is 20.3 Å². The van der Waals surface area contributed by atoms with Gasteiger partial charge in [-0.2, -0.15) is 0 Å². The van der Waals surface area contributed by atoms with Crippen LogP contribution in [0.25, 0.3) is 0 Å². The standard InChI is InChI=1S/C10H20O3Si/c1-6-7-8-10(2,9(11)12)13-14(3,4)5/h6-7H,8H2,1-5H3,(H,11,12). The van der Waals surface area contributed by atoms with Crippen LogP contribution in [-0.2, 0) is 9.22 Å². The molecule has 4 heteroatoms. The van der Waals surface area contributed by atoms with Crippen molar-refractivity contribution < 1.29 is 14.3 Å². The van der Waals surface area contributed by atoms with Gasteiger partial charge < -0.3 is 9.53 Å². The summed E-state index contributed by atoms with van der Waals surface area (Å²) in [6.07, 6.45) is 4.09. The summed E-state index contributed by atoms with van der Waals surface area (Å²) >= 11 is 0. The lowest BCUT2D eigenvalue weighted by Crippen LogP contribution is -2.46. The molecule has 0 fully saturated rings. The van der Waals surface area contributed by atoms with Crippen LogP contribution in [0.3, 0.4) is 0 Å². The lowest BCUT2D eigenvalue weighted by Gasteiger charge is -2.31. The Hall–Kier alpha value is -0.613. The Morgan fingerprint density at radius 1 is 1.50 bits per heavy atom. The maximum absolute atomic E-state index is 11.1. The predicted molar refractivity (Wildman–Crippen MR) is 59.9 cm³/mol. The Balaban J connectivity index is 4.64. The lowest BCUT2D eigenvalue weighted by molar-refractivity contribution is -0.154. The highest BCUT2D eigenvalue weighted by Crippen LogP contribution is 2.22. The molecule has 82 valence electrons. The Morgan fingerprint density at radius 3 is 2.29 bits per heavy atom. The SMILES string of the molecule is CC=CCC(C)(O[Si](C)(C)C)C(=O)O. The smallest absolute Gasteiger partial charge is 0.334 e. The van der Waals surface area contributed by atoms with Crippen LogP contribution in [0.15, 0.2) is 12.2 Å². The van der Waals surface area contributed by atoms with Crippen LogP contribution in [-0.4, -0.2) is 25.0 Å². The summed E-state index contributed by atoms with van der Waals surface area (Å²) < 4.78 is 5.68. The molecule has 0 saturated carbocycles. The van der Waals surface area contributed by atoms with Crippen molar-refractivity contribution in [3.05, 3.63) is 12.2 Å². The summed E-state index contributed by atoms with van der Waals surface area (Å²) in [7, 11) is -1.82. The molecule has 0 aliphatic carbocycles. The maximum Gasteiger partial charge on any atom is 0.334 e. The number of hydrogen-bond donors (Lipinski definition) is 1. The second-order valence-corrected chi connectivity index (χ2v) is 8.95. The van der Waals surface area contributed by atoms with E-state index in [0.29, 0.717) is 6.42 Å². The highest BCUT2D eigenvalue weighted by Gasteiger charge is 2.37. The van der Waals surface area contributed by atoms with Gasteiger partial charge in [-0.25, -0.2) is 4.79 Å². The van der Waals surface area contributed by atoms with Gasteiger partial charge in [0.25, 0.3) is 0 Å². The zero-order valence-electron chi connectivity index (χ0n) is 9.63. The molecule has 0 saturated heterocycles. The molecule has 0 heterocycles. The topological polar surface area (TPSA) is 46.5 Å². The first-order chi connectivity index (χ1) is 6.21. The minimum Gasteiger partial charge on any atom is -0.479 e. The van der Waals surface area contributed by atoms with Crippen LogP contribution >= 0.6 is 0 Å². The van der Waals surface area contributed by atoms with Crippen molar-refractivity contribution in [2.24, 2.45) is 0 Å². The summed E-state index contributed by atoms with van der Waals surface area (Å²) in [6, 6.07) is 0. The molecule has 1 atom stereocenters. The van der Waals surface area contributed by atoms with Crippen molar-refractivity contribution in [3.8, 4) is 0 Å². The molecular weight excluding hydrogens is 196 g/mol. The largest absolute Gasteiger partial charge is 0.479 e. The first-order valence-corrected chi connectivity index (χ1v) is 8.17. The van der Waals surface area contributed by atoms with Crippen molar-refractivity contribution in [2.75, 3.05) is 0 Å². The molecule has 1 unspecified atom stereocenters. The van der Waals surface area contributed by atoms with E-state index in [1.54, 1.807) is 6.92 Å². The first kappa shape index (κ1) is 13.4. The van der Waals surface area contributed by atoms with Gasteiger partial charge in [0.15, 0.2) is 13.9 Å².